The molecule has 0 radical (unpaired) electrons. The summed E-state index contributed by atoms with van der Waals surface area (Å²) < 4.78 is 5.05. The van der Waals surface area contributed by atoms with Crippen LogP contribution in [0.25, 0.3) is 0 Å². The van der Waals surface area contributed by atoms with E-state index in [0.717, 1.165) is 13.1 Å². The van der Waals surface area contributed by atoms with Gasteiger partial charge in [-0.3, -0.25) is 4.79 Å². The summed E-state index contributed by atoms with van der Waals surface area (Å²) in [5, 5.41) is 7.24. The molecule has 2 unspecified atom stereocenters. The molecule has 1 amide bonds. The van der Waals surface area contributed by atoms with Crippen LogP contribution in [-0.4, -0.2) is 41.1 Å². The second kappa shape index (κ2) is 4.49. The second-order valence-electron chi connectivity index (χ2n) is 4.88. The fourth-order valence-corrected chi connectivity index (χ4v) is 2.44. The van der Waals surface area contributed by atoms with Gasteiger partial charge in [-0.25, -0.2) is 0 Å². The van der Waals surface area contributed by atoms with E-state index in [1.54, 1.807) is 13.8 Å². The van der Waals surface area contributed by atoms with E-state index in [2.05, 4.69) is 24.3 Å². The first-order chi connectivity index (χ1) is 7.99. The zero-order chi connectivity index (χ0) is 12.6. The monoisotopic (exact) mass is 237 g/mol. The predicted molar refractivity (Wildman–Crippen MR) is 63.9 cm³/mol. The first-order valence-corrected chi connectivity index (χ1v) is 5.97. The van der Waals surface area contributed by atoms with Crippen LogP contribution in [-0.2, 0) is 0 Å². The van der Waals surface area contributed by atoms with Gasteiger partial charge in [0.25, 0.3) is 5.91 Å². The van der Waals surface area contributed by atoms with Gasteiger partial charge in [-0.15, -0.1) is 0 Å². The minimum absolute atomic E-state index is 0.0291. The SMILES string of the molecule is Cc1noc(C)c1C(=O)N1CC(C)NC(C)C1. The van der Waals surface area contributed by atoms with E-state index in [9.17, 15) is 4.79 Å². The molecule has 1 saturated heterocycles. The molecule has 1 aromatic rings. The molecule has 0 bridgehead atoms. The molecule has 2 heterocycles. The zero-order valence-electron chi connectivity index (χ0n) is 10.8. The van der Waals surface area contributed by atoms with Gasteiger partial charge in [0.1, 0.15) is 11.3 Å². The maximum Gasteiger partial charge on any atom is 0.259 e. The lowest BCUT2D eigenvalue weighted by atomic mass is 10.1. The first kappa shape index (κ1) is 12.1. The van der Waals surface area contributed by atoms with E-state index in [1.807, 2.05) is 4.90 Å². The molecular formula is C12H19N3O2. The lowest BCUT2D eigenvalue weighted by Crippen LogP contribution is -2.55. The van der Waals surface area contributed by atoms with Gasteiger partial charge in [-0.2, -0.15) is 0 Å². The van der Waals surface area contributed by atoms with E-state index < -0.39 is 0 Å². The second-order valence-corrected chi connectivity index (χ2v) is 4.88. The lowest BCUT2D eigenvalue weighted by molar-refractivity contribution is 0.0671. The Morgan fingerprint density at radius 2 is 1.94 bits per heavy atom. The zero-order valence-corrected chi connectivity index (χ0v) is 10.8. The van der Waals surface area contributed by atoms with Crippen molar-refractivity contribution in [3.63, 3.8) is 0 Å². The molecule has 1 aliphatic rings. The molecule has 0 spiro atoms. The van der Waals surface area contributed by atoms with Gasteiger partial charge in [-0.05, 0) is 27.7 Å². The largest absolute Gasteiger partial charge is 0.361 e. The molecule has 2 atom stereocenters. The number of rotatable bonds is 1. The molecule has 1 N–H and O–H groups in total. The lowest BCUT2D eigenvalue weighted by Gasteiger charge is -2.36. The van der Waals surface area contributed by atoms with Crippen LogP contribution in [0.2, 0.25) is 0 Å². The van der Waals surface area contributed by atoms with Crippen molar-refractivity contribution in [2.45, 2.75) is 39.8 Å². The highest BCUT2D eigenvalue weighted by atomic mass is 16.5. The summed E-state index contributed by atoms with van der Waals surface area (Å²) in [6.45, 7) is 9.22. The van der Waals surface area contributed by atoms with E-state index in [0.29, 0.717) is 29.1 Å². The van der Waals surface area contributed by atoms with Crippen molar-refractivity contribution in [1.82, 2.24) is 15.4 Å². The standard InChI is InChI=1S/C12H19N3O2/c1-7-5-15(6-8(2)13-7)12(16)11-9(3)14-17-10(11)4/h7-8,13H,5-6H2,1-4H3. The van der Waals surface area contributed by atoms with Crippen molar-refractivity contribution in [2.75, 3.05) is 13.1 Å². The highest BCUT2D eigenvalue weighted by molar-refractivity contribution is 5.96. The number of nitrogens with zero attached hydrogens (tertiary/aromatic N) is 2. The number of piperazine rings is 1. The fourth-order valence-electron chi connectivity index (χ4n) is 2.44. The van der Waals surface area contributed by atoms with Crippen LogP contribution in [0.4, 0.5) is 0 Å². The van der Waals surface area contributed by atoms with Crippen LogP contribution in [0.15, 0.2) is 4.52 Å². The van der Waals surface area contributed by atoms with Crippen molar-refractivity contribution in [1.29, 1.82) is 0 Å². The number of aryl methyl sites for hydroxylation is 2. The van der Waals surface area contributed by atoms with E-state index in [1.165, 1.54) is 0 Å². The molecule has 1 fully saturated rings. The van der Waals surface area contributed by atoms with Crippen LogP contribution >= 0.6 is 0 Å². The number of aromatic nitrogens is 1. The summed E-state index contributed by atoms with van der Waals surface area (Å²) in [7, 11) is 0. The van der Waals surface area contributed by atoms with Crippen molar-refractivity contribution in [3.05, 3.63) is 17.0 Å². The van der Waals surface area contributed by atoms with Gasteiger partial charge in [-0.1, -0.05) is 5.16 Å². The summed E-state index contributed by atoms with van der Waals surface area (Å²) in [6, 6.07) is 0.645. The molecular weight excluding hydrogens is 218 g/mol. The molecule has 0 saturated carbocycles. The summed E-state index contributed by atoms with van der Waals surface area (Å²) in [4.78, 5) is 14.3. The summed E-state index contributed by atoms with van der Waals surface area (Å²) in [5.41, 5.74) is 1.29. The van der Waals surface area contributed by atoms with Crippen LogP contribution < -0.4 is 5.32 Å². The molecule has 2 rings (SSSR count). The number of carbonyl (C=O) groups excluding carboxylic acids is 1. The van der Waals surface area contributed by atoms with E-state index in [4.69, 9.17) is 4.52 Å². The third-order valence-electron chi connectivity index (χ3n) is 3.09. The van der Waals surface area contributed by atoms with Gasteiger partial charge < -0.3 is 14.7 Å². The maximum absolute atomic E-state index is 12.4. The Morgan fingerprint density at radius 1 is 1.35 bits per heavy atom. The van der Waals surface area contributed by atoms with Crippen molar-refractivity contribution in [3.8, 4) is 0 Å². The number of nitrogens with one attached hydrogen (secondary N) is 1. The third kappa shape index (κ3) is 2.34. The van der Waals surface area contributed by atoms with Gasteiger partial charge in [0.15, 0.2) is 0 Å². The number of hydrogen-bond donors (Lipinski definition) is 1. The summed E-state index contributed by atoms with van der Waals surface area (Å²) in [5.74, 6) is 0.632. The van der Waals surface area contributed by atoms with Crippen LogP contribution in [0, 0.1) is 13.8 Å². The van der Waals surface area contributed by atoms with Crippen molar-refractivity contribution in [2.24, 2.45) is 0 Å². The number of amides is 1. The Bertz CT molecular complexity index is 398. The Labute approximate surface area is 101 Å². The average Bonchev–Trinajstić information content (AvgIpc) is 2.56. The Kier molecular flexibility index (Phi) is 3.19. The average molecular weight is 237 g/mol. The fraction of sp³-hybridized carbons (Fsp3) is 0.667. The van der Waals surface area contributed by atoms with Gasteiger partial charge in [0.05, 0.1) is 5.69 Å². The quantitative estimate of drug-likeness (QED) is 0.795. The van der Waals surface area contributed by atoms with Gasteiger partial charge >= 0.3 is 0 Å². The molecule has 94 valence electrons. The highest BCUT2D eigenvalue weighted by Crippen LogP contribution is 2.17. The number of hydrogen-bond acceptors (Lipinski definition) is 4. The molecule has 0 aliphatic carbocycles. The minimum atomic E-state index is 0.0291. The molecule has 1 aliphatic heterocycles. The maximum atomic E-state index is 12.4. The smallest absolute Gasteiger partial charge is 0.259 e. The predicted octanol–water partition coefficient (Wildman–Crippen LogP) is 1.11. The van der Waals surface area contributed by atoms with Crippen molar-refractivity contribution < 1.29 is 9.32 Å². The molecule has 5 nitrogen and oxygen atoms in total. The summed E-state index contributed by atoms with van der Waals surface area (Å²) in [6.07, 6.45) is 0. The van der Waals surface area contributed by atoms with E-state index >= 15 is 0 Å². The Morgan fingerprint density at radius 3 is 2.41 bits per heavy atom. The van der Waals surface area contributed by atoms with Crippen LogP contribution in [0.5, 0.6) is 0 Å². The van der Waals surface area contributed by atoms with Gasteiger partial charge in [0.2, 0.25) is 0 Å². The molecule has 1 aromatic heterocycles. The topological polar surface area (TPSA) is 58.4 Å². The van der Waals surface area contributed by atoms with Gasteiger partial charge in [0, 0.05) is 25.2 Å². The van der Waals surface area contributed by atoms with Crippen molar-refractivity contribution >= 4 is 5.91 Å². The molecule has 17 heavy (non-hydrogen) atoms. The Hall–Kier alpha value is -1.36. The normalized spacial score (nSPS) is 25.1. The minimum Gasteiger partial charge on any atom is -0.361 e. The summed E-state index contributed by atoms with van der Waals surface area (Å²) >= 11 is 0. The highest BCUT2D eigenvalue weighted by Gasteiger charge is 2.28. The molecule has 5 heteroatoms. The molecule has 0 aromatic carbocycles. The first-order valence-electron chi connectivity index (χ1n) is 5.97. The number of carbonyl (C=O) groups is 1. The van der Waals surface area contributed by atoms with Crippen LogP contribution in [0.3, 0.4) is 0 Å². The van der Waals surface area contributed by atoms with E-state index in [-0.39, 0.29) is 5.91 Å². The third-order valence-corrected chi connectivity index (χ3v) is 3.09. The van der Waals surface area contributed by atoms with Crippen LogP contribution in [0.1, 0.15) is 35.7 Å². The Balaban J connectivity index is 2.20.